The Morgan fingerprint density at radius 2 is 2.21 bits per heavy atom. The molecule has 0 saturated heterocycles. The standard InChI is InChI=1S/C10H10BrIO2/c1-6(11)7-4-3-5-8(9(7)12)10(13)14-2/h3-6H,1-2H3/t6-/m1/s1. The Kier molecular flexibility index (Phi) is 4.37. The van der Waals surface area contributed by atoms with Crippen molar-refractivity contribution in [3.63, 3.8) is 0 Å². The predicted octanol–water partition coefficient (Wildman–Crippen LogP) is 3.53. The van der Waals surface area contributed by atoms with Gasteiger partial charge in [-0.25, -0.2) is 4.79 Å². The van der Waals surface area contributed by atoms with Crippen LogP contribution in [-0.2, 0) is 4.74 Å². The molecule has 1 atom stereocenters. The number of carbonyl (C=O) groups is 1. The molecule has 0 aliphatic heterocycles. The molecule has 0 aliphatic rings. The van der Waals surface area contributed by atoms with E-state index in [2.05, 4.69) is 38.5 Å². The summed E-state index contributed by atoms with van der Waals surface area (Å²) in [6, 6.07) is 5.63. The summed E-state index contributed by atoms with van der Waals surface area (Å²) >= 11 is 5.65. The lowest BCUT2D eigenvalue weighted by molar-refractivity contribution is 0.0599. The molecule has 0 aromatic heterocycles. The van der Waals surface area contributed by atoms with E-state index in [4.69, 9.17) is 4.74 Å². The number of rotatable bonds is 2. The van der Waals surface area contributed by atoms with Crippen molar-refractivity contribution >= 4 is 44.5 Å². The Hall–Kier alpha value is -0.100. The predicted molar refractivity (Wildman–Crippen MR) is 67.8 cm³/mol. The quantitative estimate of drug-likeness (QED) is 0.453. The van der Waals surface area contributed by atoms with Gasteiger partial charge in [-0.2, -0.15) is 0 Å². The third kappa shape index (κ3) is 2.48. The second-order valence-electron chi connectivity index (χ2n) is 2.82. The zero-order valence-electron chi connectivity index (χ0n) is 7.88. The minimum absolute atomic E-state index is 0.235. The maximum Gasteiger partial charge on any atom is 0.338 e. The number of ether oxygens (including phenoxy) is 1. The highest BCUT2D eigenvalue weighted by atomic mass is 127. The van der Waals surface area contributed by atoms with Crippen LogP contribution in [0, 0.1) is 3.57 Å². The van der Waals surface area contributed by atoms with Crippen LogP contribution in [0.25, 0.3) is 0 Å². The third-order valence-electron chi connectivity index (χ3n) is 1.86. The fourth-order valence-electron chi connectivity index (χ4n) is 1.12. The Balaban J connectivity index is 3.20. The van der Waals surface area contributed by atoms with E-state index in [-0.39, 0.29) is 10.8 Å². The second-order valence-corrected chi connectivity index (χ2v) is 5.27. The van der Waals surface area contributed by atoms with Crippen molar-refractivity contribution in [3.8, 4) is 0 Å². The number of hydrogen-bond acceptors (Lipinski definition) is 2. The van der Waals surface area contributed by atoms with E-state index in [9.17, 15) is 4.79 Å². The number of benzene rings is 1. The molecule has 4 heteroatoms. The van der Waals surface area contributed by atoms with Crippen molar-refractivity contribution in [1.82, 2.24) is 0 Å². The van der Waals surface area contributed by atoms with Gasteiger partial charge in [0.05, 0.1) is 12.7 Å². The Bertz CT molecular complexity index is 350. The molecule has 0 N–H and O–H groups in total. The average Bonchev–Trinajstić information content (AvgIpc) is 2.16. The highest BCUT2D eigenvalue weighted by Gasteiger charge is 2.14. The van der Waals surface area contributed by atoms with Crippen LogP contribution >= 0.6 is 38.5 Å². The lowest BCUT2D eigenvalue weighted by Crippen LogP contribution is -2.05. The van der Waals surface area contributed by atoms with E-state index < -0.39 is 0 Å². The first-order valence-corrected chi connectivity index (χ1v) is 6.08. The number of carbonyl (C=O) groups excluding carboxylic acids is 1. The molecular weight excluding hydrogens is 359 g/mol. The molecule has 76 valence electrons. The number of halogens is 2. The van der Waals surface area contributed by atoms with Crippen molar-refractivity contribution in [3.05, 3.63) is 32.9 Å². The molecule has 0 aliphatic carbocycles. The first-order chi connectivity index (χ1) is 6.57. The first kappa shape index (κ1) is 12.0. The summed E-state index contributed by atoms with van der Waals surface area (Å²) in [5.74, 6) is -0.288. The van der Waals surface area contributed by atoms with Crippen LogP contribution in [0.3, 0.4) is 0 Å². The van der Waals surface area contributed by atoms with Crippen LogP contribution in [0.5, 0.6) is 0 Å². The van der Waals surface area contributed by atoms with E-state index in [1.54, 1.807) is 6.07 Å². The van der Waals surface area contributed by atoms with Crippen LogP contribution < -0.4 is 0 Å². The molecule has 0 unspecified atom stereocenters. The van der Waals surface area contributed by atoms with Crippen LogP contribution in [0.1, 0.15) is 27.7 Å². The zero-order valence-corrected chi connectivity index (χ0v) is 11.6. The molecule has 0 heterocycles. The van der Waals surface area contributed by atoms with Crippen LogP contribution in [-0.4, -0.2) is 13.1 Å². The highest BCUT2D eigenvalue weighted by Crippen LogP contribution is 2.28. The summed E-state index contributed by atoms with van der Waals surface area (Å²) in [7, 11) is 1.39. The lowest BCUT2D eigenvalue weighted by Gasteiger charge is -2.09. The minimum Gasteiger partial charge on any atom is -0.465 e. The van der Waals surface area contributed by atoms with Crippen LogP contribution in [0.15, 0.2) is 18.2 Å². The van der Waals surface area contributed by atoms with E-state index in [1.807, 2.05) is 19.1 Å². The van der Waals surface area contributed by atoms with Gasteiger partial charge in [-0.3, -0.25) is 0 Å². The van der Waals surface area contributed by atoms with Gasteiger partial charge in [-0.15, -0.1) is 0 Å². The molecule has 0 radical (unpaired) electrons. The molecule has 0 spiro atoms. The topological polar surface area (TPSA) is 26.3 Å². The van der Waals surface area contributed by atoms with E-state index in [0.717, 1.165) is 9.13 Å². The number of esters is 1. The van der Waals surface area contributed by atoms with Crippen molar-refractivity contribution in [2.75, 3.05) is 7.11 Å². The number of alkyl halides is 1. The molecule has 0 fully saturated rings. The number of methoxy groups -OCH3 is 1. The van der Waals surface area contributed by atoms with Gasteiger partial charge < -0.3 is 4.74 Å². The largest absolute Gasteiger partial charge is 0.465 e. The smallest absolute Gasteiger partial charge is 0.338 e. The van der Waals surface area contributed by atoms with E-state index in [1.165, 1.54) is 7.11 Å². The van der Waals surface area contributed by atoms with Crippen LogP contribution in [0.4, 0.5) is 0 Å². The van der Waals surface area contributed by atoms with Gasteiger partial charge >= 0.3 is 5.97 Å². The molecule has 0 saturated carbocycles. The van der Waals surface area contributed by atoms with Gasteiger partial charge in [-0.05, 0) is 41.1 Å². The van der Waals surface area contributed by atoms with Gasteiger partial charge in [0.25, 0.3) is 0 Å². The SMILES string of the molecule is COC(=O)c1cccc([C@@H](C)Br)c1I. The molecular formula is C10H10BrIO2. The first-order valence-electron chi connectivity index (χ1n) is 4.08. The van der Waals surface area contributed by atoms with Gasteiger partial charge in [0.2, 0.25) is 0 Å². The maximum absolute atomic E-state index is 11.4. The normalized spacial score (nSPS) is 12.3. The summed E-state index contributed by atoms with van der Waals surface area (Å²) in [5, 5.41) is 0. The van der Waals surface area contributed by atoms with Crippen molar-refractivity contribution in [2.45, 2.75) is 11.8 Å². The van der Waals surface area contributed by atoms with Crippen LogP contribution in [0.2, 0.25) is 0 Å². The molecule has 0 bridgehead atoms. The van der Waals surface area contributed by atoms with Gasteiger partial charge in [0, 0.05) is 8.40 Å². The Labute approximate surface area is 105 Å². The van der Waals surface area contributed by atoms with E-state index in [0.29, 0.717) is 5.56 Å². The summed E-state index contributed by atoms with van der Waals surface area (Å²) in [6.45, 7) is 2.03. The summed E-state index contributed by atoms with van der Waals surface area (Å²) in [5.41, 5.74) is 1.73. The minimum atomic E-state index is -0.288. The molecule has 1 aromatic carbocycles. The molecule has 14 heavy (non-hydrogen) atoms. The maximum atomic E-state index is 11.4. The molecule has 0 amide bonds. The fourth-order valence-corrected chi connectivity index (χ4v) is 2.98. The monoisotopic (exact) mass is 368 g/mol. The van der Waals surface area contributed by atoms with Gasteiger partial charge in [0.15, 0.2) is 0 Å². The molecule has 2 nitrogen and oxygen atoms in total. The van der Waals surface area contributed by atoms with Gasteiger partial charge in [0.1, 0.15) is 0 Å². The summed E-state index contributed by atoms with van der Waals surface area (Å²) in [4.78, 5) is 11.6. The third-order valence-corrected chi connectivity index (χ3v) is 3.56. The Morgan fingerprint density at radius 1 is 1.57 bits per heavy atom. The molecule has 1 aromatic rings. The molecule has 1 rings (SSSR count). The van der Waals surface area contributed by atoms with Crippen molar-refractivity contribution < 1.29 is 9.53 Å². The lowest BCUT2D eigenvalue weighted by atomic mass is 10.1. The second kappa shape index (κ2) is 5.11. The number of hydrogen-bond donors (Lipinski definition) is 0. The van der Waals surface area contributed by atoms with Crippen molar-refractivity contribution in [2.24, 2.45) is 0 Å². The van der Waals surface area contributed by atoms with Gasteiger partial charge in [-0.1, -0.05) is 28.1 Å². The summed E-state index contributed by atoms with van der Waals surface area (Å²) < 4.78 is 5.64. The fraction of sp³-hybridized carbons (Fsp3) is 0.300. The van der Waals surface area contributed by atoms with Crippen molar-refractivity contribution in [1.29, 1.82) is 0 Å². The van der Waals surface area contributed by atoms with E-state index >= 15 is 0 Å². The highest BCUT2D eigenvalue weighted by molar-refractivity contribution is 14.1. The Morgan fingerprint density at radius 3 is 2.71 bits per heavy atom. The average molecular weight is 369 g/mol. The zero-order chi connectivity index (χ0) is 10.7. The summed E-state index contributed by atoms with van der Waals surface area (Å²) in [6.07, 6.45) is 0.